The minimum Gasteiger partial charge on any atom is -0.342 e. The molecule has 0 unspecified atom stereocenters. The maximum absolute atomic E-state index is 12.2. The molecule has 0 atom stereocenters. The number of rotatable bonds is 6. The van der Waals surface area contributed by atoms with Gasteiger partial charge in [-0.05, 0) is 26.0 Å². The zero-order chi connectivity index (χ0) is 16.8. The van der Waals surface area contributed by atoms with Crippen LogP contribution in [-0.2, 0) is 11.3 Å². The molecule has 23 heavy (non-hydrogen) atoms. The summed E-state index contributed by atoms with van der Waals surface area (Å²) in [5.74, 6) is 0.220. The molecule has 128 valence electrons. The highest BCUT2D eigenvalue weighted by Gasteiger charge is 2.21. The van der Waals surface area contributed by atoms with Gasteiger partial charge in [-0.15, -0.1) is 0 Å². The van der Waals surface area contributed by atoms with Crippen LogP contribution in [0.3, 0.4) is 0 Å². The van der Waals surface area contributed by atoms with E-state index in [1.54, 1.807) is 0 Å². The third kappa shape index (κ3) is 5.08. The first-order valence-corrected chi connectivity index (χ1v) is 8.96. The van der Waals surface area contributed by atoms with Crippen molar-refractivity contribution in [1.82, 2.24) is 14.7 Å². The molecule has 4 nitrogen and oxygen atoms in total. The van der Waals surface area contributed by atoms with Crippen molar-refractivity contribution in [1.29, 1.82) is 0 Å². The first-order valence-electron chi connectivity index (χ1n) is 8.20. The lowest BCUT2D eigenvalue weighted by atomic mass is 10.2. The average Bonchev–Trinajstić information content (AvgIpc) is 2.54. The van der Waals surface area contributed by atoms with E-state index in [0.29, 0.717) is 6.54 Å². The van der Waals surface area contributed by atoms with Gasteiger partial charge in [-0.3, -0.25) is 14.6 Å². The Morgan fingerprint density at radius 3 is 2.09 bits per heavy atom. The van der Waals surface area contributed by atoms with E-state index in [9.17, 15) is 4.79 Å². The number of halogens is 2. The highest BCUT2D eigenvalue weighted by Crippen LogP contribution is 2.26. The third-order valence-corrected chi connectivity index (χ3v) is 5.09. The molecule has 0 spiro atoms. The summed E-state index contributed by atoms with van der Waals surface area (Å²) >= 11 is 12.5. The van der Waals surface area contributed by atoms with E-state index >= 15 is 0 Å². The van der Waals surface area contributed by atoms with Crippen molar-refractivity contribution in [3.05, 3.63) is 33.8 Å². The monoisotopic (exact) mass is 357 g/mol. The summed E-state index contributed by atoms with van der Waals surface area (Å²) in [7, 11) is 0. The van der Waals surface area contributed by atoms with Crippen molar-refractivity contribution in [2.75, 3.05) is 45.8 Å². The normalized spacial score (nSPS) is 16.5. The molecule has 1 amide bonds. The molecule has 0 N–H and O–H groups in total. The molecular formula is C17H25Cl2N3O. The Morgan fingerprint density at radius 2 is 1.57 bits per heavy atom. The predicted octanol–water partition coefficient (Wildman–Crippen LogP) is 2.98. The van der Waals surface area contributed by atoms with Crippen molar-refractivity contribution >= 4 is 29.1 Å². The number of nitrogens with zero attached hydrogens (tertiary/aromatic N) is 3. The number of carbonyl (C=O) groups excluding carboxylic acids is 1. The topological polar surface area (TPSA) is 26.8 Å². The SMILES string of the molecule is CCN(CC)C(=O)CN1CCN(Cc2c(Cl)cccc2Cl)CC1. The van der Waals surface area contributed by atoms with Crippen LogP contribution in [0.15, 0.2) is 18.2 Å². The Balaban J connectivity index is 1.83. The molecule has 6 heteroatoms. The predicted molar refractivity (Wildman–Crippen MR) is 96.1 cm³/mol. The van der Waals surface area contributed by atoms with Gasteiger partial charge in [0.05, 0.1) is 6.54 Å². The molecule has 1 heterocycles. The fourth-order valence-corrected chi connectivity index (χ4v) is 3.40. The standard InChI is InChI=1S/C17H25Cl2N3O/c1-3-22(4-2)17(23)13-21-10-8-20(9-11-21)12-14-15(18)6-5-7-16(14)19/h5-7H,3-4,8-13H2,1-2H3. The molecule has 1 aromatic carbocycles. The van der Waals surface area contributed by atoms with Gasteiger partial charge in [0.25, 0.3) is 0 Å². The number of piperazine rings is 1. The van der Waals surface area contributed by atoms with Gasteiger partial charge in [0.1, 0.15) is 0 Å². The molecule has 0 bridgehead atoms. The van der Waals surface area contributed by atoms with Gasteiger partial charge in [0.15, 0.2) is 0 Å². The number of hydrogen-bond acceptors (Lipinski definition) is 3. The van der Waals surface area contributed by atoms with Gasteiger partial charge in [-0.25, -0.2) is 0 Å². The van der Waals surface area contributed by atoms with Crippen LogP contribution in [0.25, 0.3) is 0 Å². The highest BCUT2D eigenvalue weighted by molar-refractivity contribution is 6.35. The molecule has 1 aliphatic heterocycles. The van der Waals surface area contributed by atoms with Crippen molar-refractivity contribution < 1.29 is 4.79 Å². The van der Waals surface area contributed by atoms with Crippen LogP contribution in [0.4, 0.5) is 0 Å². The summed E-state index contributed by atoms with van der Waals surface area (Å²) in [5.41, 5.74) is 0.989. The molecular weight excluding hydrogens is 333 g/mol. The van der Waals surface area contributed by atoms with Crippen LogP contribution < -0.4 is 0 Å². The minimum absolute atomic E-state index is 0.220. The van der Waals surface area contributed by atoms with Gasteiger partial charge < -0.3 is 4.90 Å². The third-order valence-electron chi connectivity index (χ3n) is 4.38. The van der Waals surface area contributed by atoms with E-state index in [-0.39, 0.29) is 5.91 Å². The number of likely N-dealkylation sites (N-methyl/N-ethyl adjacent to an activating group) is 1. The second-order valence-corrected chi connectivity index (χ2v) is 6.63. The van der Waals surface area contributed by atoms with Gasteiger partial charge in [0.2, 0.25) is 5.91 Å². The summed E-state index contributed by atoms with van der Waals surface area (Å²) < 4.78 is 0. The molecule has 1 fully saturated rings. The second-order valence-electron chi connectivity index (χ2n) is 5.82. The average molecular weight is 358 g/mol. The smallest absolute Gasteiger partial charge is 0.236 e. The first kappa shape index (κ1) is 18.5. The first-order chi connectivity index (χ1) is 11.0. The van der Waals surface area contributed by atoms with E-state index in [4.69, 9.17) is 23.2 Å². The lowest BCUT2D eigenvalue weighted by Gasteiger charge is -2.35. The zero-order valence-electron chi connectivity index (χ0n) is 13.9. The number of benzene rings is 1. The second kappa shape index (κ2) is 8.88. The van der Waals surface area contributed by atoms with Crippen LogP contribution in [0.1, 0.15) is 19.4 Å². The Morgan fingerprint density at radius 1 is 1.04 bits per heavy atom. The van der Waals surface area contributed by atoms with Crippen LogP contribution in [0.2, 0.25) is 10.0 Å². The van der Waals surface area contributed by atoms with Crippen LogP contribution in [0.5, 0.6) is 0 Å². The lowest BCUT2D eigenvalue weighted by molar-refractivity contribution is -0.132. The van der Waals surface area contributed by atoms with Crippen LogP contribution >= 0.6 is 23.2 Å². The van der Waals surface area contributed by atoms with Crippen LogP contribution in [0, 0.1) is 0 Å². The summed E-state index contributed by atoms with van der Waals surface area (Å²) in [4.78, 5) is 18.6. The molecule has 0 radical (unpaired) electrons. The number of carbonyl (C=O) groups is 1. The van der Waals surface area contributed by atoms with Crippen molar-refractivity contribution in [2.45, 2.75) is 20.4 Å². The highest BCUT2D eigenvalue weighted by atomic mass is 35.5. The van der Waals surface area contributed by atoms with Crippen molar-refractivity contribution in [3.63, 3.8) is 0 Å². The maximum Gasteiger partial charge on any atom is 0.236 e. The summed E-state index contributed by atoms with van der Waals surface area (Å²) in [5, 5.41) is 1.44. The quantitative estimate of drug-likeness (QED) is 0.782. The van der Waals surface area contributed by atoms with Crippen molar-refractivity contribution in [2.24, 2.45) is 0 Å². The van der Waals surface area contributed by atoms with Gasteiger partial charge >= 0.3 is 0 Å². The van der Waals surface area contributed by atoms with Gasteiger partial charge in [-0.1, -0.05) is 29.3 Å². The Kier molecular flexibility index (Phi) is 7.15. The number of amides is 1. The number of hydrogen-bond donors (Lipinski definition) is 0. The summed E-state index contributed by atoms with van der Waals surface area (Å²) in [6.45, 7) is 10.5. The van der Waals surface area contributed by atoms with Gasteiger partial charge in [0, 0.05) is 61.4 Å². The molecule has 1 saturated heterocycles. The Hall–Kier alpha value is -0.810. The summed E-state index contributed by atoms with van der Waals surface area (Å²) in [6, 6.07) is 5.62. The van der Waals surface area contributed by atoms with E-state index in [1.807, 2.05) is 36.9 Å². The largest absolute Gasteiger partial charge is 0.342 e. The summed E-state index contributed by atoms with van der Waals surface area (Å²) in [6.07, 6.45) is 0. The van der Waals surface area contributed by atoms with Gasteiger partial charge in [-0.2, -0.15) is 0 Å². The van der Waals surface area contributed by atoms with Crippen LogP contribution in [-0.4, -0.2) is 66.4 Å². The van der Waals surface area contributed by atoms with E-state index in [1.165, 1.54) is 0 Å². The van der Waals surface area contributed by atoms with E-state index < -0.39 is 0 Å². The fraction of sp³-hybridized carbons (Fsp3) is 0.588. The Labute approximate surface area is 148 Å². The van der Waals surface area contributed by atoms with E-state index in [0.717, 1.165) is 61.4 Å². The zero-order valence-corrected chi connectivity index (χ0v) is 15.4. The lowest BCUT2D eigenvalue weighted by Crippen LogP contribution is -2.49. The molecule has 1 aliphatic rings. The fourth-order valence-electron chi connectivity index (χ4n) is 2.88. The molecule has 2 rings (SSSR count). The molecule has 0 aromatic heterocycles. The molecule has 1 aromatic rings. The molecule has 0 saturated carbocycles. The Bertz CT molecular complexity index is 506. The van der Waals surface area contributed by atoms with E-state index in [2.05, 4.69) is 9.80 Å². The minimum atomic E-state index is 0.220. The maximum atomic E-state index is 12.2. The molecule has 0 aliphatic carbocycles. The van der Waals surface area contributed by atoms with Crippen molar-refractivity contribution in [3.8, 4) is 0 Å².